The summed E-state index contributed by atoms with van der Waals surface area (Å²) < 4.78 is 21.4. The SMILES string of the molecule is Nc1ccc(Cl)c(Oc2c(C34CC5CC(CC(C5)C3)C4)cc(C34CC5CC(CC(C5)C3)C4)c(Oc3cc(N)ccc3Cl)c2Oc2cc(N)ccc2Cl)c1. The van der Waals surface area contributed by atoms with Crippen molar-refractivity contribution in [2.45, 2.75) is 87.9 Å². The monoisotopic (exact) mass is 769 g/mol. The lowest BCUT2D eigenvalue weighted by Crippen LogP contribution is -2.50. The van der Waals surface area contributed by atoms with Crippen LogP contribution in [0, 0.1) is 35.5 Å². The Hall–Kier alpha value is -3.45. The summed E-state index contributed by atoms with van der Waals surface area (Å²) in [4.78, 5) is 0. The third-order valence-electron chi connectivity index (χ3n) is 13.9. The summed E-state index contributed by atoms with van der Waals surface area (Å²) in [7, 11) is 0. The average Bonchev–Trinajstić information content (AvgIpc) is 3.09. The van der Waals surface area contributed by atoms with Crippen molar-refractivity contribution >= 4 is 51.9 Å². The van der Waals surface area contributed by atoms with E-state index in [0.717, 1.165) is 38.5 Å². The zero-order valence-corrected chi connectivity index (χ0v) is 32.1. The molecule has 8 fully saturated rings. The molecular formula is C44H46Cl3N3O3. The highest BCUT2D eigenvalue weighted by molar-refractivity contribution is 6.32. The molecule has 0 amide bonds. The number of halogens is 3. The Morgan fingerprint density at radius 1 is 0.415 bits per heavy atom. The maximum atomic E-state index is 7.14. The van der Waals surface area contributed by atoms with Gasteiger partial charge < -0.3 is 31.4 Å². The Morgan fingerprint density at radius 2 is 0.698 bits per heavy atom. The van der Waals surface area contributed by atoms with Gasteiger partial charge in [0.25, 0.3) is 0 Å². The van der Waals surface area contributed by atoms with E-state index in [1.54, 1.807) is 54.6 Å². The first-order valence-corrected chi connectivity index (χ1v) is 20.6. The predicted molar refractivity (Wildman–Crippen MR) is 214 cm³/mol. The van der Waals surface area contributed by atoms with Crippen molar-refractivity contribution in [2.75, 3.05) is 17.2 Å². The molecule has 0 unspecified atom stereocenters. The molecule has 9 heteroatoms. The van der Waals surface area contributed by atoms with Crippen LogP contribution in [0.3, 0.4) is 0 Å². The number of anilines is 3. The molecule has 0 aromatic heterocycles. The Morgan fingerprint density at radius 3 is 1.00 bits per heavy atom. The van der Waals surface area contributed by atoms with Crippen molar-refractivity contribution < 1.29 is 14.2 Å². The van der Waals surface area contributed by atoms with Gasteiger partial charge in [0.1, 0.15) is 17.2 Å². The Kier molecular flexibility index (Phi) is 8.06. The van der Waals surface area contributed by atoms with Crippen LogP contribution in [0.1, 0.15) is 88.2 Å². The second kappa shape index (κ2) is 12.5. The number of rotatable bonds is 8. The molecule has 6 nitrogen and oxygen atoms in total. The van der Waals surface area contributed by atoms with Crippen molar-refractivity contribution in [3.05, 3.63) is 86.9 Å². The van der Waals surface area contributed by atoms with Crippen molar-refractivity contribution in [2.24, 2.45) is 35.5 Å². The van der Waals surface area contributed by atoms with Crippen LogP contribution in [0.15, 0.2) is 60.7 Å². The van der Waals surface area contributed by atoms with E-state index in [4.69, 9.17) is 66.2 Å². The molecule has 8 aliphatic rings. The molecule has 0 radical (unpaired) electrons. The smallest absolute Gasteiger partial charge is 0.213 e. The van der Waals surface area contributed by atoms with E-state index in [9.17, 15) is 0 Å². The summed E-state index contributed by atoms with van der Waals surface area (Å²) >= 11 is 20.7. The zero-order valence-electron chi connectivity index (χ0n) is 29.8. The fraction of sp³-hybridized carbons (Fsp3) is 0.455. The second-order valence-electron chi connectivity index (χ2n) is 17.7. The molecule has 4 aromatic carbocycles. The third kappa shape index (κ3) is 5.90. The van der Waals surface area contributed by atoms with Crippen molar-refractivity contribution in [3.63, 3.8) is 0 Å². The van der Waals surface area contributed by atoms with E-state index in [1.807, 2.05) is 0 Å². The lowest BCUT2D eigenvalue weighted by molar-refractivity contribution is -0.00959. The molecule has 53 heavy (non-hydrogen) atoms. The first-order valence-electron chi connectivity index (χ1n) is 19.4. The number of nitrogen functional groups attached to an aromatic ring is 3. The van der Waals surface area contributed by atoms with Gasteiger partial charge in [0.2, 0.25) is 5.75 Å². The summed E-state index contributed by atoms with van der Waals surface area (Å²) in [6.45, 7) is 0. The van der Waals surface area contributed by atoms with Gasteiger partial charge in [-0.15, -0.1) is 0 Å². The topological polar surface area (TPSA) is 106 Å². The van der Waals surface area contributed by atoms with Gasteiger partial charge in [-0.25, -0.2) is 0 Å². The minimum absolute atomic E-state index is 0.0844. The molecule has 0 atom stereocenters. The van der Waals surface area contributed by atoms with Crippen LogP contribution in [0.4, 0.5) is 17.1 Å². The molecule has 8 aliphatic carbocycles. The maximum Gasteiger partial charge on any atom is 0.213 e. The molecule has 8 saturated carbocycles. The highest BCUT2D eigenvalue weighted by Gasteiger charge is 2.56. The fourth-order valence-electron chi connectivity index (χ4n) is 12.7. The van der Waals surface area contributed by atoms with Crippen LogP contribution in [0.2, 0.25) is 15.1 Å². The van der Waals surface area contributed by atoms with Gasteiger partial charge >= 0.3 is 0 Å². The van der Waals surface area contributed by atoms with E-state index >= 15 is 0 Å². The van der Waals surface area contributed by atoms with Crippen LogP contribution in [0.5, 0.6) is 34.5 Å². The Balaban J connectivity index is 1.28. The number of hydrogen-bond donors (Lipinski definition) is 3. The first kappa shape index (κ1) is 34.1. The van der Waals surface area contributed by atoms with Gasteiger partial charge in [-0.3, -0.25) is 0 Å². The number of benzene rings is 4. The number of nitrogens with two attached hydrogens (primary N) is 3. The predicted octanol–water partition coefficient (Wildman–Crippen LogP) is 12.7. The van der Waals surface area contributed by atoms with Gasteiger partial charge in [0.05, 0.1) is 15.1 Å². The molecule has 8 bridgehead atoms. The minimum atomic E-state index is -0.0844. The summed E-state index contributed by atoms with van der Waals surface area (Å²) in [5, 5.41) is 1.34. The maximum absolute atomic E-state index is 7.14. The van der Waals surface area contributed by atoms with E-state index in [0.29, 0.717) is 102 Å². The Labute approximate surface area is 326 Å². The van der Waals surface area contributed by atoms with Gasteiger partial charge in [-0.05, 0) is 166 Å². The van der Waals surface area contributed by atoms with Crippen molar-refractivity contribution in [1.82, 2.24) is 0 Å². The molecule has 0 aliphatic heterocycles. The standard InChI is InChI=1S/C44H46Cl3N3O3/c45-34-4-1-29(48)13-37(34)51-40-32(43-17-23-7-24(18-43)9-25(8-23)19-43)16-33(44-20-26-10-27(21-44)12-28(11-26)22-44)41(52-38-14-30(49)2-5-35(38)46)42(40)53-39-15-31(50)3-6-36(39)47/h1-6,13-16,23-28H,7-12,17-22,48-50H2. The quantitative estimate of drug-likeness (QED) is 0.154. The third-order valence-corrected chi connectivity index (χ3v) is 14.8. The van der Waals surface area contributed by atoms with Crippen LogP contribution >= 0.6 is 34.8 Å². The van der Waals surface area contributed by atoms with Gasteiger partial charge in [-0.2, -0.15) is 0 Å². The molecule has 6 N–H and O–H groups in total. The molecule has 12 rings (SSSR count). The molecular weight excluding hydrogens is 725 g/mol. The lowest BCUT2D eigenvalue weighted by Gasteiger charge is -2.59. The van der Waals surface area contributed by atoms with Crippen LogP contribution in [-0.4, -0.2) is 0 Å². The Bertz CT molecular complexity index is 1940. The summed E-state index contributed by atoms with van der Waals surface area (Å²) in [6, 6.07) is 18.5. The minimum Gasteiger partial charge on any atom is -0.451 e. The molecule has 276 valence electrons. The number of hydrogen-bond acceptors (Lipinski definition) is 6. The van der Waals surface area contributed by atoms with E-state index < -0.39 is 0 Å². The molecule has 0 spiro atoms. The normalized spacial score (nSPS) is 31.9. The highest BCUT2D eigenvalue weighted by atomic mass is 35.5. The summed E-state index contributed by atoms with van der Waals surface area (Å²) in [6.07, 6.45) is 14.6. The lowest BCUT2D eigenvalue weighted by atomic mass is 9.46. The molecule has 0 heterocycles. The van der Waals surface area contributed by atoms with Crippen LogP contribution < -0.4 is 31.4 Å². The molecule has 0 saturated heterocycles. The first-order chi connectivity index (χ1) is 25.5. The highest BCUT2D eigenvalue weighted by Crippen LogP contribution is 2.68. The summed E-state index contributed by atoms with van der Waals surface area (Å²) in [5.74, 6) is 7.13. The zero-order chi connectivity index (χ0) is 36.2. The van der Waals surface area contributed by atoms with E-state index in [2.05, 4.69) is 6.07 Å². The molecule has 4 aromatic rings. The van der Waals surface area contributed by atoms with Gasteiger partial charge in [0, 0.05) is 46.4 Å². The number of ether oxygens (including phenoxy) is 3. The van der Waals surface area contributed by atoms with Gasteiger partial charge in [0.15, 0.2) is 11.5 Å². The van der Waals surface area contributed by atoms with Gasteiger partial charge in [-0.1, -0.05) is 34.8 Å². The second-order valence-corrected chi connectivity index (χ2v) is 19.0. The van der Waals surface area contributed by atoms with E-state index in [1.165, 1.54) is 49.7 Å². The van der Waals surface area contributed by atoms with Crippen molar-refractivity contribution in [1.29, 1.82) is 0 Å². The largest absolute Gasteiger partial charge is 0.451 e. The van der Waals surface area contributed by atoms with Crippen LogP contribution in [-0.2, 0) is 10.8 Å². The average molecular weight is 771 g/mol. The van der Waals surface area contributed by atoms with Crippen LogP contribution in [0.25, 0.3) is 0 Å². The fourth-order valence-corrected chi connectivity index (χ4v) is 13.2. The van der Waals surface area contributed by atoms with Crippen molar-refractivity contribution in [3.8, 4) is 34.5 Å². The van der Waals surface area contributed by atoms with E-state index in [-0.39, 0.29) is 10.8 Å². The summed E-state index contributed by atoms with van der Waals surface area (Å²) in [5.41, 5.74) is 22.9.